The van der Waals surface area contributed by atoms with Crippen LogP contribution in [0.25, 0.3) is 0 Å². The Hall–Kier alpha value is -2.61. The Morgan fingerprint density at radius 1 is 1.16 bits per heavy atom. The van der Waals surface area contributed by atoms with Gasteiger partial charge in [0.25, 0.3) is 5.91 Å². The van der Waals surface area contributed by atoms with Crippen molar-refractivity contribution < 1.29 is 14.3 Å². The summed E-state index contributed by atoms with van der Waals surface area (Å²) in [7, 11) is 3.38. The van der Waals surface area contributed by atoms with Gasteiger partial charge in [-0.2, -0.15) is 0 Å². The molecule has 2 aliphatic rings. The summed E-state index contributed by atoms with van der Waals surface area (Å²) in [5.41, 5.74) is 2.58. The number of carbonyl (C=O) groups excluding carboxylic acids is 1. The molecule has 0 bridgehead atoms. The molecule has 0 unspecified atom stereocenters. The highest BCUT2D eigenvalue weighted by atomic mass is 16.5. The molecule has 1 aliphatic heterocycles. The van der Waals surface area contributed by atoms with E-state index in [1.54, 1.807) is 20.4 Å². The number of amides is 1. The first kappa shape index (κ1) is 21.6. The number of rotatable bonds is 7. The van der Waals surface area contributed by atoms with Crippen molar-refractivity contribution >= 4 is 5.91 Å². The molecule has 1 saturated carbocycles. The second-order valence-electron chi connectivity index (χ2n) is 8.65. The van der Waals surface area contributed by atoms with Crippen molar-refractivity contribution in [2.45, 2.75) is 64.1 Å². The third-order valence-corrected chi connectivity index (χ3v) is 6.54. The van der Waals surface area contributed by atoms with Crippen LogP contribution in [0.2, 0.25) is 0 Å². The minimum atomic E-state index is -0.107. The molecule has 168 valence electrons. The van der Waals surface area contributed by atoms with E-state index in [2.05, 4.69) is 26.6 Å². The van der Waals surface area contributed by atoms with E-state index in [4.69, 9.17) is 9.47 Å². The van der Waals surface area contributed by atoms with Crippen LogP contribution < -0.4 is 14.8 Å². The molecule has 2 fully saturated rings. The average Bonchev–Trinajstić information content (AvgIpc) is 3.47. The van der Waals surface area contributed by atoms with Gasteiger partial charge in [0.15, 0.2) is 5.69 Å². The van der Waals surface area contributed by atoms with Gasteiger partial charge in [0.05, 0.1) is 26.5 Å². The van der Waals surface area contributed by atoms with Crippen LogP contribution in [0.4, 0.5) is 0 Å². The van der Waals surface area contributed by atoms with Crippen molar-refractivity contribution in [3.8, 4) is 11.5 Å². The number of nitrogens with one attached hydrogen (secondary N) is 1. The number of hydrogen-bond donors (Lipinski definition) is 1. The zero-order valence-corrected chi connectivity index (χ0v) is 18.8. The Bertz CT molecular complexity index is 907. The summed E-state index contributed by atoms with van der Waals surface area (Å²) in [6.07, 6.45) is 8.41. The van der Waals surface area contributed by atoms with Gasteiger partial charge in [-0.1, -0.05) is 24.1 Å². The van der Waals surface area contributed by atoms with Crippen molar-refractivity contribution in [2.75, 3.05) is 27.3 Å². The van der Waals surface area contributed by atoms with Gasteiger partial charge in [0.2, 0.25) is 0 Å². The third-order valence-electron chi connectivity index (χ3n) is 6.54. The summed E-state index contributed by atoms with van der Waals surface area (Å²) < 4.78 is 13.0. The second-order valence-corrected chi connectivity index (χ2v) is 8.65. The van der Waals surface area contributed by atoms with Crippen LogP contribution in [0.1, 0.15) is 66.2 Å². The van der Waals surface area contributed by atoms with Crippen LogP contribution in [-0.2, 0) is 6.54 Å². The average molecular weight is 428 g/mol. The van der Waals surface area contributed by atoms with Crippen LogP contribution in [0, 0.1) is 6.92 Å². The molecule has 1 saturated heterocycles. The number of benzene rings is 1. The molecule has 0 spiro atoms. The van der Waals surface area contributed by atoms with Gasteiger partial charge in [0, 0.05) is 30.3 Å². The molecule has 1 aromatic heterocycles. The van der Waals surface area contributed by atoms with Crippen LogP contribution in [0.15, 0.2) is 18.3 Å². The molecule has 8 heteroatoms. The summed E-state index contributed by atoms with van der Waals surface area (Å²) >= 11 is 0. The smallest absolute Gasteiger partial charge is 0.273 e. The minimum Gasteiger partial charge on any atom is -0.496 e. The Kier molecular flexibility index (Phi) is 6.75. The van der Waals surface area contributed by atoms with Crippen LogP contribution in [0.3, 0.4) is 0 Å². The lowest BCUT2D eigenvalue weighted by molar-refractivity contribution is 0.0932. The van der Waals surface area contributed by atoms with Gasteiger partial charge in [-0.3, -0.25) is 9.69 Å². The number of methoxy groups -OCH3 is 2. The summed E-state index contributed by atoms with van der Waals surface area (Å²) in [5.74, 6) is 1.61. The van der Waals surface area contributed by atoms with Crippen molar-refractivity contribution in [1.29, 1.82) is 0 Å². The first-order valence-electron chi connectivity index (χ1n) is 11.2. The SMILES string of the molecule is COc1ccc(CN2CCC[C@H](n3cc(C(=O)NC4CCCC4)nn3)C2)c(OC)c1C. The van der Waals surface area contributed by atoms with E-state index in [-0.39, 0.29) is 18.0 Å². The van der Waals surface area contributed by atoms with Crippen molar-refractivity contribution in [3.05, 3.63) is 35.2 Å². The van der Waals surface area contributed by atoms with E-state index in [9.17, 15) is 4.79 Å². The predicted octanol–water partition coefficient (Wildman–Crippen LogP) is 3.11. The molecule has 1 N–H and O–H groups in total. The van der Waals surface area contributed by atoms with Crippen LogP contribution in [0.5, 0.6) is 11.5 Å². The van der Waals surface area contributed by atoms with E-state index in [1.807, 2.05) is 17.7 Å². The summed E-state index contributed by atoms with van der Waals surface area (Å²) in [6, 6.07) is 4.57. The molecule has 1 aliphatic carbocycles. The molecule has 1 amide bonds. The lowest BCUT2D eigenvalue weighted by Crippen LogP contribution is -2.36. The van der Waals surface area contributed by atoms with Gasteiger partial charge in [0.1, 0.15) is 11.5 Å². The maximum Gasteiger partial charge on any atom is 0.273 e. The number of ether oxygens (including phenoxy) is 2. The molecule has 2 aromatic rings. The standard InChI is InChI=1S/C23H33N5O3/c1-16-21(30-2)11-10-17(22(16)31-3)13-27-12-6-9-19(14-27)28-15-20(25-26-28)23(29)24-18-7-4-5-8-18/h10-11,15,18-19H,4-9,12-14H2,1-3H3,(H,24,29)/t19-/m0/s1. The van der Waals surface area contributed by atoms with Gasteiger partial charge < -0.3 is 14.8 Å². The predicted molar refractivity (Wildman–Crippen MR) is 118 cm³/mol. The second kappa shape index (κ2) is 9.68. The summed E-state index contributed by atoms with van der Waals surface area (Å²) in [5, 5.41) is 11.5. The molecule has 1 atom stereocenters. The minimum absolute atomic E-state index is 0.107. The molecule has 2 heterocycles. The molecule has 31 heavy (non-hydrogen) atoms. The maximum absolute atomic E-state index is 12.5. The number of hydrogen-bond acceptors (Lipinski definition) is 6. The fourth-order valence-corrected chi connectivity index (χ4v) is 4.88. The normalized spacial score (nSPS) is 20.0. The Balaban J connectivity index is 1.41. The number of aromatic nitrogens is 3. The Morgan fingerprint density at radius 3 is 2.71 bits per heavy atom. The fraction of sp³-hybridized carbons (Fsp3) is 0.609. The molecular weight excluding hydrogens is 394 g/mol. The van der Waals surface area contributed by atoms with Crippen LogP contribution >= 0.6 is 0 Å². The molecule has 0 radical (unpaired) electrons. The van der Waals surface area contributed by atoms with Crippen molar-refractivity contribution in [2.24, 2.45) is 0 Å². The molecule has 8 nitrogen and oxygen atoms in total. The van der Waals surface area contributed by atoms with E-state index in [1.165, 1.54) is 12.8 Å². The van der Waals surface area contributed by atoms with E-state index < -0.39 is 0 Å². The Labute approximate surface area is 183 Å². The van der Waals surface area contributed by atoms with Crippen LogP contribution in [-0.4, -0.2) is 59.2 Å². The zero-order valence-electron chi connectivity index (χ0n) is 18.8. The molecule has 4 rings (SSSR count). The van der Waals surface area contributed by atoms with E-state index >= 15 is 0 Å². The maximum atomic E-state index is 12.5. The van der Waals surface area contributed by atoms with Crippen molar-refractivity contribution in [3.63, 3.8) is 0 Å². The fourth-order valence-electron chi connectivity index (χ4n) is 4.88. The molecule has 1 aromatic carbocycles. The number of piperidine rings is 1. The van der Waals surface area contributed by atoms with E-state index in [0.29, 0.717) is 5.69 Å². The van der Waals surface area contributed by atoms with Crippen molar-refractivity contribution in [1.82, 2.24) is 25.2 Å². The van der Waals surface area contributed by atoms with E-state index in [0.717, 1.165) is 67.9 Å². The summed E-state index contributed by atoms with van der Waals surface area (Å²) in [6.45, 7) is 4.71. The number of nitrogens with zero attached hydrogens (tertiary/aromatic N) is 4. The topological polar surface area (TPSA) is 81.5 Å². The molecular formula is C23H33N5O3. The zero-order chi connectivity index (χ0) is 21.8. The highest BCUT2D eigenvalue weighted by Gasteiger charge is 2.25. The number of likely N-dealkylation sites (tertiary alicyclic amines) is 1. The van der Waals surface area contributed by atoms with Gasteiger partial charge in [-0.15, -0.1) is 5.10 Å². The van der Waals surface area contributed by atoms with Gasteiger partial charge in [-0.05, 0) is 45.2 Å². The van der Waals surface area contributed by atoms with Gasteiger partial charge in [-0.25, -0.2) is 4.68 Å². The first-order chi connectivity index (χ1) is 15.1. The van der Waals surface area contributed by atoms with Gasteiger partial charge >= 0.3 is 0 Å². The summed E-state index contributed by atoms with van der Waals surface area (Å²) in [4.78, 5) is 14.9. The lowest BCUT2D eigenvalue weighted by Gasteiger charge is -2.33. The lowest BCUT2D eigenvalue weighted by atomic mass is 10.0. The largest absolute Gasteiger partial charge is 0.496 e. The monoisotopic (exact) mass is 427 g/mol. The Morgan fingerprint density at radius 2 is 1.97 bits per heavy atom. The third kappa shape index (κ3) is 4.84. The highest BCUT2D eigenvalue weighted by molar-refractivity contribution is 5.92. The quantitative estimate of drug-likeness (QED) is 0.731. The first-order valence-corrected chi connectivity index (χ1v) is 11.2. The highest BCUT2D eigenvalue weighted by Crippen LogP contribution is 2.33. The number of carbonyl (C=O) groups is 1.